The number of aliphatic hydroxyl groups excluding tert-OH is 2. The first-order valence-electron chi connectivity index (χ1n) is 15.4. The summed E-state index contributed by atoms with van der Waals surface area (Å²) in [7, 11) is -3.89. The van der Waals surface area contributed by atoms with Crippen molar-refractivity contribution in [1.82, 2.24) is 4.98 Å². The molecular formula is C34H61NO5SSiTi. The maximum absolute atomic E-state index is 10.3. The van der Waals surface area contributed by atoms with Gasteiger partial charge in [0.25, 0.3) is 0 Å². The van der Waals surface area contributed by atoms with E-state index in [2.05, 4.69) is 71.9 Å². The van der Waals surface area contributed by atoms with Gasteiger partial charge in [0.1, 0.15) is 0 Å². The molecule has 0 radical (unpaired) electrons. The van der Waals surface area contributed by atoms with Crippen LogP contribution in [0.25, 0.3) is 0 Å². The molecular weight excluding hydrogens is 610 g/mol. The van der Waals surface area contributed by atoms with E-state index < -0.39 is 19.0 Å². The number of rotatable bonds is 10. The first-order valence-corrected chi connectivity index (χ1v) is 19.4. The SMILES string of the molecule is CC(C)O.CC(C)O.CCCCc1c[c-]nc(C(C)O[Si](C)(C)C(C)(C)C)c1CCCC.Cc1ccc([S-](=O)=O)cc1.[Ti+2]. The van der Waals surface area contributed by atoms with Gasteiger partial charge in [0.05, 0.1) is 0 Å². The van der Waals surface area contributed by atoms with E-state index in [-0.39, 0.29) is 45.1 Å². The minimum Gasteiger partial charge on any atom is -0.420 e. The maximum Gasteiger partial charge on any atom is 2.00 e. The number of pyridine rings is 1. The van der Waals surface area contributed by atoms with E-state index in [9.17, 15) is 8.42 Å². The second-order valence-electron chi connectivity index (χ2n) is 12.7. The molecule has 0 amide bonds. The minimum atomic E-state index is -2.09. The van der Waals surface area contributed by atoms with Gasteiger partial charge >= 0.3 is 21.7 Å². The second kappa shape index (κ2) is 24.4. The molecule has 0 aliphatic heterocycles. The van der Waals surface area contributed by atoms with Crippen LogP contribution in [0.4, 0.5) is 0 Å². The van der Waals surface area contributed by atoms with Crippen LogP contribution in [0, 0.1) is 13.1 Å². The van der Waals surface area contributed by atoms with Crippen molar-refractivity contribution in [2.75, 3.05) is 0 Å². The van der Waals surface area contributed by atoms with Crippen LogP contribution in [-0.2, 0) is 58.1 Å². The Hall–Kier alpha value is -0.869. The van der Waals surface area contributed by atoms with Crippen molar-refractivity contribution in [2.24, 2.45) is 0 Å². The van der Waals surface area contributed by atoms with Crippen LogP contribution in [0.15, 0.2) is 35.2 Å². The Bertz CT molecular complexity index is 1030. The molecule has 0 fully saturated rings. The zero-order valence-electron chi connectivity index (χ0n) is 29.3. The molecule has 1 aromatic heterocycles. The number of aryl methyl sites for hydroxylation is 2. The second-order valence-corrected chi connectivity index (χ2v) is 18.4. The molecule has 1 heterocycles. The summed E-state index contributed by atoms with van der Waals surface area (Å²) in [6.45, 7) is 27.0. The van der Waals surface area contributed by atoms with Crippen molar-refractivity contribution in [3.05, 3.63) is 58.9 Å². The van der Waals surface area contributed by atoms with Gasteiger partial charge in [0.2, 0.25) is 0 Å². The van der Waals surface area contributed by atoms with Crippen molar-refractivity contribution in [3.63, 3.8) is 0 Å². The smallest absolute Gasteiger partial charge is 0.420 e. The van der Waals surface area contributed by atoms with Gasteiger partial charge in [-0.15, -0.1) is 11.1 Å². The van der Waals surface area contributed by atoms with E-state index in [1.165, 1.54) is 36.8 Å². The van der Waals surface area contributed by atoms with E-state index in [0.717, 1.165) is 24.1 Å². The number of unbranched alkanes of at least 4 members (excludes halogenated alkanes) is 2. The molecule has 0 aliphatic rings. The van der Waals surface area contributed by atoms with Crippen molar-refractivity contribution in [2.45, 2.75) is 156 Å². The summed E-state index contributed by atoms with van der Waals surface area (Å²) >= 11 is 0. The molecule has 2 aromatic rings. The summed E-state index contributed by atoms with van der Waals surface area (Å²) in [5.41, 5.74) is 5.05. The number of nitrogens with zero attached hydrogens (tertiary/aromatic N) is 1. The quantitative estimate of drug-likeness (QED) is 0.149. The molecule has 2 rings (SSSR count). The summed E-state index contributed by atoms with van der Waals surface area (Å²) < 4.78 is 27.2. The standard InChI is InChI=1S/C21H38NOSi.C7H7O2S.2C3H8O.Ti/c1-9-11-13-18-15-16-22-20(19(18)14-12-10-2)17(3)23-24(7,8)21(4,5)6;1-6-2-4-7(5-3-6)10(8)9;2*1-3(2)4;/h15,17H,9-14H2,1-8H3;2-5H,1H3;2*3-4H,1-2H3;/q2*-1;;;+2. The van der Waals surface area contributed by atoms with Gasteiger partial charge in [-0.25, -0.2) is 0 Å². The summed E-state index contributed by atoms with van der Waals surface area (Å²) in [4.78, 5) is 4.98. The topological polar surface area (TPSA) is 96.7 Å². The zero-order chi connectivity index (χ0) is 33.1. The van der Waals surface area contributed by atoms with Gasteiger partial charge in [-0.2, -0.15) is 6.07 Å². The van der Waals surface area contributed by atoms with Crippen LogP contribution >= 0.6 is 0 Å². The van der Waals surface area contributed by atoms with Gasteiger partial charge in [-0.1, -0.05) is 108 Å². The number of hydrogen-bond donors (Lipinski definition) is 2. The van der Waals surface area contributed by atoms with E-state index in [0.29, 0.717) is 4.90 Å². The Kier molecular flexibility index (Phi) is 26.4. The van der Waals surface area contributed by atoms with Crippen LogP contribution in [0.3, 0.4) is 0 Å². The summed E-state index contributed by atoms with van der Waals surface area (Å²) in [6.07, 6.45) is 9.98. The van der Waals surface area contributed by atoms with Gasteiger partial charge in [-0.05, 0) is 82.5 Å². The van der Waals surface area contributed by atoms with E-state index in [4.69, 9.17) is 14.6 Å². The van der Waals surface area contributed by atoms with Crippen LogP contribution < -0.4 is 0 Å². The van der Waals surface area contributed by atoms with Crippen molar-refractivity contribution in [1.29, 1.82) is 0 Å². The molecule has 0 bridgehead atoms. The third-order valence-electron chi connectivity index (χ3n) is 6.58. The third kappa shape index (κ3) is 22.3. The minimum absolute atomic E-state index is 0. The maximum atomic E-state index is 10.3. The van der Waals surface area contributed by atoms with Crippen LogP contribution in [0.1, 0.15) is 123 Å². The monoisotopic (exact) mass is 671 g/mol. The molecule has 0 aliphatic carbocycles. The van der Waals surface area contributed by atoms with E-state index >= 15 is 0 Å². The molecule has 1 atom stereocenters. The fourth-order valence-electron chi connectivity index (χ4n) is 3.39. The molecule has 0 spiro atoms. The zero-order valence-corrected chi connectivity index (χ0v) is 32.7. The average Bonchev–Trinajstić information content (AvgIpc) is 2.85. The van der Waals surface area contributed by atoms with Crippen LogP contribution in [0.2, 0.25) is 18.1 Å². The van der Waals surface area contributed by atoms with Gasteiger partial charge in [0, 0.05) is 18.3 Å². The first-order chi connectivity index (χ1) is 19.3. The summed E-state index contributed by atoms with van der Waals surface area (Å²) in [5.74, 6) is 0. The normalized spacial score (nSPS) is 11.9. The number of aliphatic hydroxyl groups is 2. The first kappa shape index (κ1) is 46.5. The summed E-state index contributed by atoms with van der Waals surface area (Å²) in [6, 6.07) is 8.80. The number of hydrogen-bond acceptors (Lipinski definition) is 7. The molecule has 1 aromatic carbocycles. The Morgan fingerprint density at radius 3 is 1.74 bits per heavy atom. The van der Waals surface area contributed by atoms with E-state index in [1.54, 1.807) is 52.0 Å². The predicted octanol–water partition coefficient (Wildman–Crippen LogP) is 9.08. The molecule has 0 saturated heterocycles. The average molecular weight is 672 g/mol. The fraction of sp³-hybridized carbons (Fsp3) is 0.676. The van der Waals surface area contributed by atoms with Crippen LogP contribution in [-0.4, -0.2) is 35.7 Å². The van der Waals surface area contributed by atoms with Gasteiger partial charge < -0.3 is 28.0 Å². The van der Waals surface area contributed by atoms with Crippen molar-refractivity contribution in [3.8, 4) is 0 Å². The molecule has 246 valence electrons. The van der Waals surface area contributed by atoms with Crippen LogP contribution in [0.5, 0.6) is 0 Å². The Labute approximate surface area is 282 Å². The van der Waals surface area contributed by atoms with Gasteiger partial charge in [0.15, 0.2) is 8.32 Å². The Balaban J connectivity index is -0.000000688. The predicted molar refractivity (Wildman–Crippen MR) is 180 cm³/mol. The molecule has 6 nitrogen and oxygen atoms in total. The summed E-state index contributed by atoms with van der Waals surface area (Å²) in [5, 5.41) is 16.3. The van der Waals surface area contributed by atoms with Crippen molar-refractivity contribution >= 4 is 19.0 Å². The third-order valence-corrected chi connectivity index (χ3v) is 11.8. The molecule has 1 unspecified atom stereocenters. The number of aromatic nitrogens is 1. The fourth-order valence-corrected chi connectivity index (χ4v) is 5.10. The Morgan fingerprint density at radius 1 is 0.907 bits per heavy atom. The molecule has 9 heteroatoms. The van der Waals surface area contributed by atoms with Crippen molar-refractivity contribution < 1.29 is 44.8 Å². The van der Waals surface area contributed by atoms with Gasteiger partial charge in [-0.3, -0.25) is 0 Å². The Morgan fingerprint density at radius 2 is 1.35 bits per heavy atom. The van der Waals surface area contributed by atoms with E-state index in [1.807, 2.05) is 6.92 Å². The molecule has 43 heavy (non-hydrogen) atoms. The molecule has 2 N–H and O–H groups in total. The largest absolute Gasteiger partial charge is 2.00 e. The molecule has 0 saturated carbocycles. The number of benzene rings is 1.